The standard InChI is InChI=1S/C32H44N4O5/c1-5-10-27(25-15-13-24(4)14-16-25)36(41-28-12-9-8-11-26(28)23-38)31(40)35-29(32(6-2,7-3)30(35)39)34-19-17-33(18-20-34)21-22-37/h8-9,12-16,27,29,37H,5-7,10-11,17-22H2,1-4H3. The molecule has 2 fully saturated rings. The molecule has 0 saturated carbocycles. The van der Waals surface area contributed by atoms with Crippen molar-refractivity contribution in [1.82, 2.24) is 19.8 Å². The number of aliphatic hydroxyl groups is 1. The Morgan fingerprint density at radius 2 is 1.83 bits per heavy atom. The number of rotatable bonds is 11. The summed E-state index contributed by atoms with van der Waals surface area (Å²) >= 11 is 0. The molecule has 1 aromatic carbocycles. The number of carbonyl (C=O) groups is 2. The molecule has 0 spiro atoms. The molecule has 2 atom stereocenters. The number of aliphatic hydroxyl groups excluding tert-OH is 1. The summed E-state index contributed by atoms with van der Waals surface area (Å²) in [6, 6.07) is 6.99. The molecule has 2 unspecified atom stereocenters. The van der Waals surface area contributed by atoms with Crippen LogP contribution in [0.3, 0.4) is 0 Å². The van der Waals surface area contributed by atoms with E-state index < -0.39 is 23.7 Å². The molecule has 0 radical (unpaired) electrons. The van der Waals surface area contributed by atoms with Crippen LogP contribution < -0.4 is 0 Å². The van der Waals surface area contributed by atoms with Crippen LogP contribution in [-0.4, -0.2) is 88.2 Å². The molecule has 222 valence electrons. The Morgan fingerprint density at radius 1 is 1.15 bits per heavy atom. The average Bonchev–Trinajstić information content (AvgIpc) is 2.99. The zero-order valence-electron chi connectivity index (χ0n) is 24.8. The zero-order valence-corrected chi connectivity index (χ0v) is 24.8. The number of carbonyl (C=O) groups excluding carboxylic acids is 3. The van der Waals surface area contributed by atoms with Gasteiger partial charge in [-0.2, -0.15) is 0 Å². The van der Waals surface area contributed by atoms with Crippen molar-refractivity contribution in [3.05, 3.63) is 65.0 Å². The van der Waals surface area contributed by atoms with Crippen LogP contribution in [0.5, 0.6) is 0 Å². The lowest BCUT2D eigenvalue weighted by atomic mass is 9.69. The molecule has 0 bridgehead atoms. The van der Waals surface area contributed by atoms with Gasteiger partial charge in [-0.05, 0) is 37.8 Å². The second-order valence-corrected chi connectivity index (χ2v) is 11.2. The van der Waals surface area contributed by atoms with Gasteiger partial charge in [0, 0.05) is 39.1 Å². The van der Waals surface area contributed by atoms with Gasteiger partial charge in [-0.3, -0.25) is 14.6 Å². The highest BCUT2D eigenvalue weighted by Gasteiger charge is 2.64. The van der Waals surface area contributed by atoms with E-state index in [4.69, 9.17) is 4.84 Å². The Kier molecular flexibility index (Phi) is 10.2. The second kappa shape index (κ2) is 13.6. The molecule has 2 heterocycles. The van der Waals surface area contributed by atoms with E-state index in [-0.39, 0.29) is 18.3 Å². The number of imide groups is 1. The maximum atomic E-state index is 14.6. The quantitative estimate of drug-likeness (QED) is 0.242. The number of likely N-dealkylation sites (tertiary alicyclic amines) is 1. The fourth-order valence-corrected chi connectivity index (χ4v) is 6.29. The largest absolute Gasteiger partial charge is 0.395 e. The van der Waals surface area contributed by atoms with E-state index >= 15 is 0 Å². The predicted octanol–water partition coefficient (Wildman–Crippen LogP) is 4.38. The van der Waals surface area contributed by atoms with E-state index in [2.05, 4.69) is 9.80 Å². The highest BCUT2D eigenvalue weighted by Crippen LogP contribution is 2.48. The molecule has 1 N–H and O–H groups in total. The van der Waals surface area contributed by atoms with Crippen molar-refractivity contribution in [2.75, 3.05) is 39.3 Å². The smallest absolute Gasteiger partial charge is 0.361 e. The van der Waals surface area contributed by atoms with Crippen LogP contribution in [-0.2, 0) is 14.4 Å². The minimum absolute atomic E-state index is 0.104. The summed E-state index contributed by atoms with van der Waals surface area (Å²) in [5, 5.41) is 10.7. The van der Waals surface area contributed by atoms with Crippen molar-refractivity contribution >= 4 is 17.9 Å². The Hall–Kier alpha value is -3.23. The predicted molar refractivity (Wildman–Crippen MR) is 157 cm³/mol. The van der Waals surface area contributed by atoms with E-state index in [0.29, 0.717) is 50.9 Å². The summed E-state index contributed by atoms with van der Waals surface area (Å²) in [6.07, 6.45) is 7.89. The lowest BCUT2D eigenvalue weighted by molar-refractivity contribution is -0.198. The Labute approximate surface area is 243 Å². The summed E-state index contributed by atoms with van der Waals surface area (Å²) in [5.41, 5.74) is 1.66. The van der Waals surface area contributed by atoms with Gasteiger partial charge in [-0.1, -0.05) is 69.2 Å². The molecular weight excluding hydrogens is 520 g/mol. The zero-order chi connectivity index (χ0) is 29.6. The molecule has 4 rings (SSSR count). The summed E-state index contributed by atoms with van der Waals surface area (Å²) < 4.78 is 0. The van der Waals surface area contributed by atoms with Crippen LogP contribution in [0.4, 0.5) is 4.79 Å². The number of nitrogens with zero attached hydrogens (tertiary/aromatic N) is 4. The maximum Gasteiger partial charge on any atom is 0.361 e. The van der Waals surface area contributed by atoms with E-state index in [1.165, 1.54) is 9.96 Å². The Balaban J connectivity index is 1.73. The van der Waals surface area contributed by atoms with Gasteiger partial charge < -0.3 is 9.94 Å². The fourth-order valence-electron chi connectivity index (χ4n) is 6.29. The minimum Gasteiger partial charge on any atom is -0.395 e. The Bertz CT molecular complexity index is 1190. The number of piperazine rings is 1. The molecular formula is C32H44N4O5. The van der Waals surface area contributed by atoms with E-state index in [0.717, 1.165) is 30.6 Å². The van der Waals surface area contributed by atoms with Crippen LogP contribution in [0.1, 0.15) is 70.0 Å². The van der Waals surface area contributed by atoms with Crippen molar-refractivity contribution < 1.29 is 24.3 Å². The molecule has 2 aliphatic heterocycles. The maximum absolute atomic E-state index is 14.6. The third-order valence-electron chi connectivity index (χ3n) is 8.84. The molecule has 1 aliphatic carbocycles. The number of allylic oxidation sites excluding steroid dienone is 4. The van der Waals surface area contributed by atoms with Gasteiger partial charge in [0.25, 0.3) is 0 Å². The lowest BCUT2D eigenvalue weighted by Gasteiger charge is -2.59. The number of β-amino-alcohol motifs (C(OH)–C–C–N with tert-alkyl or cyclic N) is 1. The van der Waals surface area contributed by atoms with E-state index in [9.17, 15) is 19.5 Å². The van der Waals surface area contributed by atoms with Crippen molar-refractivity contribution in [1.29, 1.82) is 0 Å². The van der Waals surface area contributed by atoms with Gasteiger partial charge in [0.15, 0.2) is 5.76 Å². The van der Waals surface area contributed by atoms with Gasteiger partial charge in [0.05, 0.1) is 23.6 Å². The van der Waals surface area contributed by atoms with Crippen LogP contribution in [0.25, 0.3) is 0 Å². The average molecular weight is 565 g/mol. The normalized spacial score (nSPS) is 21.6. The SMILES string of the molecule is CCCC(c1ccc(C)cc1)N(OC1=CC=CCC1=C=O)C(=O)N1C(=O)C(CC)(CC)C1N1CCN(CCO)CC1. The number of aryl methyl sites for hydroxylation is 1. The van der Waals surface area contributed by atoms with Crippen LogP contribution >= 0.6 is 0 Å². The van der Waals surface area contributed by atoms with Crippen molar-refractivity contribution in [2.45, 2.75) is 72.0 Å². The number of benzene rings is 1. The second-order valence-electron chi connectivity index (χ2n) is 11.2. The van der Waals surface area contributed by atoms with Gasteiger partial charge in [-0.25, -0.2) is 14.5 Å². The van der Waals surface area contributed by atoms with E-state index in [1.807, 2.05) is 64.0 Å². The van der Waals surface area contributed by atoms with Crippen molar-refractivity contribution in [2.24, 2.45) is 5.41 Å². The van der Waals surface area contributed by atoms with Gasteiger partial charge in [-0.15, -0.1) is 5.06 Å². The summed E-state index contributed by atoms with van der Waals surface area (Å²) in [7, 11) is 0. The first-order valence-electron chi connectivity index (χ1n) is 14.9. The van der Waals surface area contributed by atoms with Crippen molar-refractivity contribution in [3.8, 4) is 0 Å². The lowest BCUT2D eigenvalue weighted by Crippen LogP contribution is -2.78. The minimum atomic E-state index is -0.661. The number of amides is 3. The summed E-state index contributed by atoms with van der Waals surface area (Å²) in [4.78, 5) is 52.4. The first-order valence-corrected chi connectivity index (χ1v) is 14.9. The molecule has 9 heteroatoms. The number of hydrogen-bond acceptors (Lipinski definition) is 7. The third kappa shape index (κ3) is 6.04. The van der Waals surface area contributed by atoms with Crippen molar-refractivity contribution in [3.63, 3.8) is 0 Å². The van der Waals surface area contributed by atoms with Gasteiger partial charge >= 0.3 is 6.03 Å². The monoisotopic (exact) mass is 564 g/mol. The van der Waals surface area contributed by atoms with Gasteiger partial charge in [0.2, 0.25) is 5.91 Å². The Morgan fingerprint density at radius 3 is 2.41 bits per heavy atom. The molecule has 2 saturated heterocycles. The van der Waals surface area contributed by atoms with Crippen LogP contribution in [0.2, 0.25) is 0 Å². The van der Waals surface area contributed by atoms with E-state index in [1.54, 1.807) is 12.2 Å². The summed E-state index contributed by atoms with van der Waals surface area (Å²) in [6.45, 7) is 11.7. The first kappa shape index (κ1) is 30.7. The third-order valence-corrected chi connectivity index (χ3v) is 8.84. The molecule has 0 aromatic heterocycles. The highest BCUT2D eigenvalue weighted by molar-refractivity contribution is 6.03. The topological polar surface area (TPSA) is 93.6 Å². The number of hydroxylamine groups is 2. The number of β-lactam (4-membered cyclic amide) rings is 1. The summed E-state index contributed by atoms with van der Waals surface area (Å²) in [5.74, 6) is 2.04. The molecule has 41 heavy (non-hydrogen) atoms. The number of hydrogen-bond donors (Lipinski definition) is 1. The molecule has 3 amide bonds. The molecule has 3 aliphatic rings. The number of urea groups is 1. The first-order chi connectivity index (χ1) is 19.8. The molecule has 9 nitrogen and oxygen atoms in total. The highest BCUT2D eigenvalue weighted by atomic mass is 16.7. The fraction of sp³-hybridized carbons (Fsp3) is 0.562. The van der Waals surface area contributed by atoms with Gasteiger partial charge in [0.1, 0.15) is 12.1 Å². The molecule has 1 aromatic rings. The van der Waals surface area contributed by atoms with Crippen LogP contribution in [0.15, 0.2) is 53.8 Å². The van der Waals surface area contributed by atoms with Crippen LogP contribution in [0, 0.1) is 12.3 Å².